The lowest BCUT2D eigenvalue weighted by Crippen LogP contribution is -2.41. The summed E-state index contributed by atoms with van der Waals surface area (Å²) in [4.78, 5) is 18.8. The standard InChI is InChI=1S/C16H22N4O4S/c1-11-6-15(12(2)24-11)16(21)19-8-13(4-5-18-25(3,22)23)20-10-17-7-14(20)9-19/h6-7,10,13,18H,4-5,8-9H2,1-3H3/t13-/m0/s1. The van der Waals surface area contributed by atoms with Crippen LogP contribution in [-0.4, -0.2) is 48.1 Å². The van der Waals surface area contributed by atoms with Gasteiger partial charge < -0.3 is 13.9 Å². The van der Waals surface area contributed by atoms with Gasteiger partial charge >= 0.3 is 0 Å². The molecule has 136 valence electrons. The van der Waals surface area contributed by atoms with Gasteiger partial charge in [0, 0.05) is 19.3 Å². The van der Waals surface area contributed by atoms with E-state index in [1.54, 1.807) is 30.4 Å². The van der Waals surface area contributed by atoms with E-state index in [2.05, 4.69) is 9.71 Å². The molecule has 2 aromatic rings. The summed E-state index contributed by atoms with van der Waals surface area (Å²) in [6, 6.07) is 1.72. The van der Waals surface area contributed by atoms with E-state index in [1.165, 1.54) is 0 Å². The average molecular weight is 366 g/mol. The van der Waals surface area contributed by atoms with Gasteiger partial charge in [-0.3, -0.25) is 4.79 Å². The van der Waals surface area contributed by atoms with Crippen LogP contribution in [0, 0.1) is 13.8 Å². The number of carbonyl (C=O) groups excluding carboxylic acids is 1. The van der Waals surface area contributed by atoms with Crippen LogP contribution < -0.4 is 4.72 Å². The number of nitrogens with zero attached hydrogens (tertiary/aromatic N) is 3. The number of sulfonamides is 1. The van der Waals surface area contributed by atoms with Gasteiger partial charge in [0.15, 0.2) is 0 Å². The van der Waals surface area contributed by atoms with Crippen molar-refractivity contribution in [2.75, 3.05) is 19.3 Å². The van der Waals surface area contributed by atoms with E-state index < -0.39 is 10.0 Å². The molecule has 0 saturated heterocycles. The Labute approximate surface area is 146 Å². The van der Waals surface area contributed by atoms with Gasteiger partial charge in [0.25, 0.3) is 5.91 Å². The molecule has 0 spiro atoms. The molecule has 1 atom stereocenters. The highest BCUT2D eigenvalue weighted by molar-refractivity contribution is 7.88. The molecule has 9 heteroatoms. The summed E-state index contributed by atoms with van der Waals surface area (Å²) in [5.74, 6) is 1.23. The van der Waals surface area contributed by atoms with Gasteiger partial charge in [0.05, 0.1) is 36.4 Å². The fraction of sp³-hybridized carbons (Fsp3) is 0.500. The Kier molecular flexibility index (Phi) is 4.70. The summed E-state index contributed by atoms with van der Waals surface area (Å²) in [5, 5.41) is 0. The Hall–Kier alpha value is -2.13. The fourth-order valence-electron chi connectivity index (χ4n) is 3.20. The quantitative estimate of drug-likeness (QED) is 0.858. The monoisotopic (exact) mass is 366 g/mol. The number of amides is 1. The van der Waals surface area contributed by atoms with Gasteiger partial charge in [-0.25, -0.2) is 18.1 Å². The zero-order valence-corrected chi connectivity index (χ0v) is 15.3. The van der Waals surface area contributed by atoms with Crippen LogP contribution in [0.3, 0.4) is 0 Å². The summed E-state index contributed by atoms with van der Waals surface area (Å²) >= 11 is 0. The summed E-state index contributed by atoms with van der Waals surface area (Å²) in [6.07, 6.45) is 5.18. The second-order valence-electron chi connectivity index (χ2n) is 6.41. The third-order valence-corrected chi connectivity index (χ3v) is 5.05. The first-order valence-corrected chi connectivity index (χ1v) is 9.95. The molecule has 0 aromatic carbocycles. The van der Waals surface area contributed by atoms with Crippen LogP contribution in [0.1, 0.15) is 40.0 Å². The van der Waals surface area contributed by atoms with Crippen molar-refractivity contribution in [2.45, 2.75) is 32.9 Å². The molecule has 1 aliphatic heterocycles. The Morgan fingerprint density at radius 1 is 1.44 bits per heavy atom. The predicted octanol–water partition coefficient (Wildman–Crippen LogP) is 1.23. The van der Waals surface area contributed by atoms with E-state index in [-0.39, 0.29) is 11.9 Å². The molecule has 0 fully saturated rings. The Morgan fingerprint density at radius 2 is 2.20 bits per heavy atom. The summed E-state index contributed by atoms with van der Waals surface area (Å²) in [7, 11) is -3.23. The maximum absolute atomic E-state index is 12.9. The Morgan fingerprint density at radius 3 is 2.84 bits per heavy atom. The summed E-state index contributed by atoms with van der Waals surface area (Å²) in [5.41, 5.74) is 1.50. The van der Waals surface area contributed by atoms with Gasteiger partial charge in [-0.15, -0.1) is 0 Å². The van der Waals surface area contributed by atoms with Crippen molar-refractivity contribution in [3.05, 3.63) is 41.4 Å². The van der Waals surface area contributed by atoms with Crippen LogP contribution in [0.5, 0.6) is 0 Å². The first kappa shape index (κ1) is 17.7. The second kappa shape index (κ2) is 6.64. The van der Waals surface area contributed by atoms with E-state index >= 15 is 0 Å². The number of hydrogen-bond acceptors (Lipinski definition) is 5. The summed E-state index contributed by atoms with van der Waals surface area (Å²) < 4.78 is 32.5. The van der Waals surface area contributed by atoms with Crippen LogP contribution in [-0.2, 0) is 16.6 Å². The molecule has 25 heavy (non-hydrogen) atoms. The van der Waals surface area contributed by atoms with E-state index in [1.807, 2.05) is 11.5 Å². The smallest absolute Gasteiger partial charge is 0.257 e. The number of furan rings is 1. The van der Waals surface area contributed by atoms with Crippen molar-refractivity contribution < 1.29 is 17.6 Å². The van der Waals surface area contributed by atoms with Crippen LogP contribution in [0.15, 0.2) is 23.0 Å². The summed E-state index contributed by atoms with van der Waals surface area (Å²) in [6.45, 7) is 4.87. The van der Waals surface area contributed by atoms with Crippen LogP contribution in [0.25, 0.3) is 0 Å². The minimum Gasteiger partial charge on any atom is -0.466 e. The third-order valence-electron chi connectivity index (χ3n) is 4.32. The minimum absolute atomic E-state index is 0.0299. The number of rotatable bonds is 5. The first-order valence-electron chi connectivity index (χ1n) is 8.06. The lowest BCUT2D eigenvalue weighted by molar-refractivity contribution is 0.0672. The topological polar surface area (TPSA) is 97.4 Å². The highest BCUT2D eigenvalue weighted by Gasteiger charge is 2.30. The normalized spacial score (nSPS) is 17.6. The van der Waals surface area contributed by atoms with Crippen molar-refractivity contribution in [1.29, 1.82) is 0 Å². The van der Waals surface area contributed by atoms with Crippen LogP contribution in [0.2, 0.25) is 0 Å². The van der Waals surface area contributed by atoms with Crippen molar-refractivity contribution in [2.24, 2.45) is 0 Å². The number of imidazole rings is 1. The molecule has 8 nitrogen and oxygen atoms in total. The van der Waals surface area contributed by atoms with E-state index in [9.17, 15) is 13.2 Å². The van der Waals surface area contributed by atoms with E-state index in [0.29, 0.717) is 43.1 Å². The number of nitrogens with one attached hydrogen (secondary N) is 1. The van der Waals surface area contributed by atoms with E-state index in [4.69, 9.17) is 4.42 Å². The minimum atomic E-state index is -3.23. The molecule has 0 aliphatic carbocycles. The molecule has 3 rings (SSSR count). The van der Waals surface area contributed by atoms with E-state index in [0.717, 1.165) is 11.9 Å². The van der Waals surface area contributed by atoms with Crippen molar-refractivity contribution in [3.8, 4) is 0 Å². The Balaban J connectivity index is 1.77. The second-order valence-corrected chi connectivity index (χ2v) is 8.25. The number of carbonyl (C=O) groups is 1. The lowest BCUT2D eigenvalue weighted by atomic mass is 10.1. The van der Waals surface area contributed by atoms with Gasteiger partial charge in [-0.05, 0) is 26.3 Å². The zero-order chi connectivity index (χ0) is 18.2. The molecule has 0 radical (unpaired) electrons. The maximum atomic E-state index is 12.9. The van der Waals surface area contributed by atoms with Gasteiger partial charge in [-0.1, -0.05) is 0 Å². The fourth-order valence-corrected chi connectivity index (χ4v) is 3.68. The molecule has 1 N–H and O–H groups in total. The SMILES string of the molecule is Cc1cc(C(=O)N2Cc3cncn3[C@@H](CCNS(C)(=O)=O)C2)c(C)o1. The molecular formula is C16H22N4O4S. The lowest BCUT2D eigenvalue weighted by Gasteiger charge is -2.34. The highest BCUT2D eigenvalue weighted by atomic mass is 32.2. The van der Waals surface area contributed by atoms with Crippen LogP contribution >= 0.6 is 0 Å². The molecular weight excluding hydrogens is 344 g/mol. The predicted molar refractivity (Wildman–Crippen MR) is 91.7 cm³/mol. The number of fused-ring (bicyclic) bond motifs is 1. The van der Waals surface area contributed by atoms with Gasteiger partial charge in [-0.2, -0.15) is 0 Å². The molecule has 3 heterocycles. The maximum Gasteiger partial charge on any atom is 0.257 e. The molecule has 2 aromatic heterocycles. The van der Waals surface area contributed by atoms with Gasteiger partial charge in [0.2, 0.25) is 10.0 Å². The molecule has 1 amide bonds. The molecule has 0 unspecified atom stereocenters. The highest BCUT2D eigenvalue weighted by Crippen LogP contribution is 2.26. The Bertz CT molecular complexity index is 884. The number of aryl methyl sites for hydroxylation is 2. The van der Waals surface area contributed by atoms with Crippen molar-refractivity contribution in [3.63, 3.8) is 0 Å². The third kappa shape index (κ3) is 3.93. The molecule has 0 bridgehead atoms. The van der Waals surface area contributed by atoms with Crippen molar-refractivity contribution in [1.82, 2.24) is 19.2 Å². The molecule has 1 aliphatic rings. The molecule has 0 saturated carbocycles. The van der Waals surface area contributed by atoms with Gasteiger partial charge in [0.1, 0.15) is 11.5 Å². The number of hydrogen-bond donors (Lipinski definition) is 1. The zero-order valence-electron chi connectivity index (χ0n) is 14.5. The van der Waals surface area contributed by atoms with Crippen molar-refractivity contribution >= 4 is 15.9 Å². The average Bonchev–Trinajstić information content (AvgIpc) is 3.11. The first-order chi connectivity index (χ1) is 11.7. The largest absolute Gasteiger partial charge is 0.466 e. The number of aromatic nitrogens is 2. The van der Waals surface area contributed by atoms with Crippen LogP contribution in [0.4, 0.5) is 0 Å².